The monoisotopic (exact) mass is 221 g/mol. The van der Waals surface area contributed by atoms with Crippen molar-refractivity contribution in [3.05, 3.63) is 35.9 Å². The highest BCUT2D eigenvalue weighted by atomic mass is 35.5. The second kappa shape index (κ2) is 11.8. The number of alkyl halides is 1. The van der Waals surface area contributed by atoms with Crippen LogP contribution in [0.3, 0.4) is 0 Å². The maximum Gasteiger partial charge on any atom is 0.0195 e. The molecule has 0 aromatic heterocycles. The van der Waals surface area contributed by atoms with Crippen molar-refractivity contribution >= 4 is 24.0 Å². The topological polar surface area (TPSA) is 26.0 Å². The zero-order valence-electron chi connectivity index (χ0n) is 7.87. The number of hydrogen-bond donors (Lipinski definition) is 1. The average Bonchev–Trinajstić information content (AvgIpc) is 2.08. The first kappa shape index (κ1) is 15.2. The first-order chi connectivity index (χ1) is 5.85. The normalized spacial score (nSPS) is 7.92. The maximum absolute atomic E-state index is 5.36. The zero-order chi connectivity index (χ0) is 9.23. The molecule has 1 nitrogen and oxygen atoms in total. The van der Waals surface area contributed by atoms with Gasteiger partial charge < -0.3 is 5.73 Å². The Morgan fingerprint density at radius 3 is 2.08 bits per heavy atom. The lowest BCUT2D eigenvalue weighted by Crippen LogP contribution is -2.01. The molecule has 1 rings (SSSR count). The van der Waals surface area contributed by atoms with Crippen LogP contribution in [0, 0.1) is 0 Å². The average molecular weight is 222 g/mol. The van der Waals surface area contributed by atoms with E-state index in [-0.39, 0.29) is 12.4 Å². The van der Waals surface area contributed by atoms with Crippen LogP contribution in [0.4, 0.5) is 0 Å². The predicted octanol–water partition coefficient (Wildman–Crippen LogP) is 2.85. The number of benzene rings is 1. The Morgan fingerprint density at radius 2 is 1.69 bits per heavy atom. The summed E-state index contributed by atoms with van der Waals surface area (Å²) >= 11 is 5.00. The van der Waals surface area contributed by atoms with Gasteiger partial charge in [0.25, 0.3) is 0 Å². The third-order valence-electron chi connectivity index (χ3n) is 1.28. The van der Waals surface area contributed by atoms with E-state index >= 15 is 0 Å². The summed E-state index contributed by atoms with van der Waals surface area (Å²) in [7, 11) is 0. The van der Waals surface area contributed by atoms with Crippen molar-refractivity contribution < 1.29 is 0 Å². The van der Waals surface area contributed by atoms with Gasteiger partial charge >= 0.3 is 0 Å². The quantitative estimate of drug-likeness (QED) is 0.765. The molecule has 0 radical (unpaired) electrons. The Bertz CT molecular complexity index is 178. The minimum absolute atomic E-state index is 0. The molecule has 0 aliphatic rings. The summed E-state index contributed by atoms with van der Waals surface area (Å²) in [6, 6.07) is 10.3. The molecule has 0 unspecified atom stereocenters. The van der Waals surface area contributed by atoms with Crippen LogP contribution in [0.1, 0.15) is 12.5 Å². The Labute approximate surface area is 91.7 Å². The third kappa shape index (κ3) is 9.68. The summed E-state index contributed by atoms with van der Waals surface area (Å²) in [5.74, 6) is 0.722. The lowest BCUT2D eigenvalue weighted by molar-refractivity contribution is 0.969. The molecule has 0 aliphatic heterocycles. The van der Waals surface area contributed by atoms with E-state index in [1.807, 2.05) is 25.1 Å². The zero-order valence-corrected chi connectivity index (χ0v) is 9.44. The summed E-state index contributed by atoms with van der Waals surface area (Å²) in [6.45, 7) is 2.63. The van der Waals surface area contributed by atoms with E-state index in [0.29, 0.717) is 0 Å². The molecule has 0 bridgehead atoms. The van der Waals surface area contributed by atoms with Crippen molar-refractivity contribution in [1.82, 2.24) is 0 Å². The molecule has 0 saturated heterocycles. The van der Waals surface area contributed by atoms with Crippen LogP contribution in [0.5, 0.6) is 0 Å². The van der Waals surface area contributed by atoms with E-state index in [0.717, 1.165) is 18.8 Å². The van der Waals surface area contributed by atoms with Gasteiger partial charge in [0.2, 0.25) is 0 Å². The van der Waals surface area contributed by atoms with Crippen molar-refractivity contribution in [2.45, 2.75) is 13.3 Å². The van der Waals surface area contributed by atoms with Crippen LogP contribution in [-0.4, -0.2) is 12.4 Å². The molecular weight excluding hydrogens is 205 g/mol. The van der Waals surface area contributed by atoms with Gasteiger partial charge in [-0.2, -0.15) is 0 Å². The smallest absolute Gasteiger partial charge is 0.0195 e. The summed E-state index contributed by atoms with van der Waals surface area (Å²) in [6.07, 6.45) is 0.987. The van der Waals surface area contributed by atoms with Crippen LogP contribution >= 0.6 is 24.0 Å². The molecule has 2 N–H and O–H groups in total. The van der Waals surface area contributed by atoms with Crippen LogP contribution < -0.4 is 5.73 Å². The van der Waals surface area contributed by atoms with Gasteiger partial charge in [0.15, 0.2) is 0 Å². The molecule has 13 heavy (non-hydrogen) atoms. The fraction of sp³-hybridized carbons (Fsp3) is 0.400. The van der Waals surface area contributed by atoms with Gasteiger partial charge in [0.1, 0.15) is 0 Å². The maximum atomic E-state index is 5.36. The van der Waals surface area contributed by atoms with Crippen LogP contribution in [-0.2, 0) is 6.42 Å². The summed E-state index contributed by atoms with van der Waals surface area (Å²) in [4.78, 5) is 0. The standard InChI is InChI=1S/C8H11N.C2H5Cl.ClH/c9-7-6-8-4-2-1-3-5-8;1-2-3;/h1-5H,6-7,9H2;2H2,1H3;1H. The van der Waals surface area contributed by atoms with Crippen LogP contribution in [0.25, 0.3) is 0 Å². The van der Waals surface area contributed by atoms with Crippen molar-refractivity contribution in [3.8, 4) is 0 Å². The highest BCUT2D eigenvalue weighted by molar-refractivity contribution is 6.17. The van der Waals surface area contributed by atoms with Gasteiger partial charge in [-0.1, -0.05) is 37.3 Å². The van der Waals surface area contributed by atoms with E-state index in [2.05, 4.69) is 12.1 Å². The molecule has 76 valence electrons. The second-order valence-electron chi connectivity index (χ2n) is 2.29. The summed E-state index contributed by atoms with van der Waals surface area (Å²) < 4.78 is 0. The molecule has 0 heterocycles. The predicted molar refractivity (Wildman–Crippen MR) is 62.8 cm³/mol. The largest absolute Gasteiger partial charge is 0.330 e. The van der Waals surface area contributed by atoms with Gasteiger partial charge in [-0.25, -0.2) is 0 Å². The summed E-state index contributed by atoms with van der Waals surface area (Å²) in [5, 5.41) is 0. The molecular formula is C10H17Cl2N. The number of rotatable bonds is 2. The minimum atomic E-state index is 0. The number of halogens is 2. The highest BCUT2D eigenvalue weighted by Crippen LogP contribution is 1.96. The third-order valence-corrected chi connectivity index (χ3v) is 1.28. The Kier molecular flexibility index (Phi) is 13.8. The molecule has 0 fully saturated rings. The van der Waals surface area contributed by atoms with Crippen molar-refractivity contribution in [1.29, 1.82) is 0 Å². The van der Waals surface area contributed by atoms with Crippen molar-refractivity contribution in [2.75, 3.05) is 12.4 Å². The number of nitrogens with two attached hydrogens (primary N) is 1. The van der Waals surface area contributed by atoms with E-state index in [4.69, 9.17) is 17.3 Å². The molecule has 1 aromatic carbocycles. The molecule has 3 heteroatoms. The van der Waals surface area contributed by atoms with Crippen LogP contribution in [0.15, 0.2) is 30.3 Å². The van der Waals surface area contributed by atoms with Gasteiger partial charge in [0.05, 0.1) is 0 Å². The minimum Gasteiger partial charge on any atom is -0.330 e. The van der Waals surface area contributed by atoms with E-state index in [1.54, 1.807) is 0 Å². The molecule has 1 aromatic rings. The van der Waals surface area contributed by atoms with Gasteiger partial charge in [-0.05, 0) is 18.5 Å². The molecule has 0 saturated carbocycles. The second-order valence-corrected chi connectivity index (χ2v) is 2.83. The molecule has 0 spiro atoms. The lowest BCUT2D eigenvalue weighted by atomic mass is 10.2. The lowest BCUT2D eigenvalue weighted by Gasteiger charge is -1.93. The highest BCUT2D eigenvalue weighted by Gasteiger charge is 1.84. The van der Waals surface area contributed by atoms with Crippen molar-refractivity contribution in [2.24, 2.45) is 5.73 Å². The van der Waals surface area contributed by atoms with Gasteiger partial charge in [0, 0.05) is 5.88 Å². The fourth-order valence-corrected chi connectivity index (χ4v) is 0.811. The van der Waals surface area contributed by atoms with E-state index in [9.17, 15) is 0 Å². The van der Waals surface area contributed by atoms with E-state index < -0.39 is 0 Å². The van der Waals surface area contributed by atoms with E-state index in [1.165, 1.54) is 5.56 Å². The van der Waals surface area contributed by atoms with Gasteiger partial charge in [-0.15, -0.1) is 24.0 Å². The molecule has 0 atom stereocenters. The first-order valence-electron chi connectivity index (χ1n) is 4.15. The first-order valence-corrected chi connectivity index (χ1v) is 4.68. The van der Waals surface area contributed by atoms with Crippen LogP contribution in [0.2, 0.25) is 0 Å². The SMILES string of the molecule is CCCl.Cl.NCCc1ccccc1. The summed E-state index contributed by atoms with van der Waals surface area (Å²) in [5.41, 5.74) is 6.68. The Balaban J connectivity index is 0. The Morgan fingerprint density at radius 1 is 1.23 bits per heavy atom. The fourth-order valence-electron chi connectivity index (χ4n) is 0.811. The number of hydrogen-bond acceptors (Lipinski definition) is 1. The molecule has 0 amide bonds. The molecule has 0 aliphatic carbocycles. The Hall–Kier alpha value is -0.240. The van der Waals surface area contributed by atoms with Gasteiger partial charge in [-0.3, -0.25) is 0 Å². The van der Waals surface area contributed by atoms with Crippen molar-refractivity contribution in [3.63, 3.8) is 0 Å².